The van der Waals surface area contributed by atoms with Gasteiger partial charge in [0.2, 0.25) is 0 Å². The summed E-state index contributed by atoms with van der Waals surface area (Å²) in [4.78, 5) is 4.25. The van der Waals surface area contributed by atoms with E-state index in [4.69, 9.17) is 5.73 Å². The number of nitrogen functional groups attached to an aromatic ring is 1. The molecule has 12 heavy (non-hydrogen) atoms. The Morgan fingerprint density at radius 3 is 2.83 bits per heavy atom. The van der Waals surface area contributed by atoms with Crippen molar-refractivity contribution in [1.82, 2.24) is 9.38 Å². The Morgan fingerprint density at radius 2 is 2.17 bits per heavy atom. The van der Waals surface area contributed by atoms with Crippen molar-refractivity contribution in [1.29, 1.82) is 0 Å². The van der Waals surface area contributed by atoms with Crippen LogP contribution in [0.3, 0.4) is 0 Å². The minimum atomic E-state index is 0. The van der Waals surface area contributed by atoms with Gasteiger partial charge in [0, 0.05) is 6.20 Å². The number of fused-ring (bicyclic) bond motifs is 1. The molecule has 2 aromatic heterocycles. The molecule has 0 unspecified atom stereocenters. The van der Waals surface area contributed by atoms with Gasteiger partial charge < -0.3 is 5.73 Å². The highest BCUT2D eigenvalue weighted by Crippen LogP contribution is 2.12. The molecule has 64 valence electrons. The van der Waals surface area contributed by atoms with Gasteiger partial charge in [0.15, 0.2) is 0 Å². The number of halogens is 1. The van der Waals surface area contributed by atoms with Crippen molar-refractivity contribution in [3.05, 3.63) is 30.1 Å². The molecule has 0 spiro atoms. The Bertz CT molecular complexity index is 394. The molecule has 0 amide bonds. The number of aromatic nitrogens is 2. The van der Waals surface area contributed by atoms with E-state index in [-0.39, 0.29) is 12.4 Å². The van der Waals surface area contributed by atoms with E-state index in [2.05, 4.69) is 4.98 Å². The lowest BCUT2D eigenvalue weighted by atomic mass is 10.5. The van der Waals surface area contributed by atoms with Crippen LogP contribution in [0.2, 0.25) is 0 Å². The highest BCUT2D eigenvalue weighted by molar-refractivity contribution is 5.85. The maximum absolute atomic E-state index is 5.74. The van der Waals surface area contributed by atoms with Gasteiger partial charge in [-0.25, -0.2) is 4.98 Å². The van der Waals surface area contributed by atoms with E-state index in [9.17, 15) is 0 Å². The zero-order valence-electron chi connectivity index (χ0n) is 6.69. The summed E-state index contributed by atoms with van der Waals surface area (Å²) in [6.07, 6.45) is 1.91. The van der Waals surface area contributed by atoms with E-state index >= 15 is 0 Å². The number of imidazole rings is 1. The molecule has 0 aliphatic carbocycles. The lowest BCUT2D eigenvalue weighted by Gasteiger charge is -1.92. The SMILES string of the molecule is Cc1nc2ccccn2c1N.Cl. The quantitative estimate of drug-likeness (QED) is 0.675. The molecule has 2 heterocycles. The Hall–Kier alpha value is -1.22. The molecule has 0 fully saturated rings. The lowest BCUT2D eigenvalue weighted by Crippen LogP contribution is -1.92. The standard InChI is InChI=1S/C8H9N3.ClH/c1-6-8(9)11-5-3-2-4-7(11)10-6;/h2-5H,9H2,1H3;1H. The first-order valence-corrected chi connectivity index (χ1v) is 3.48. The van der Waals surface area contributed by atoms with E-state index in [1.807, 2.05) is 35.7 Å². The third-order valence-electron chi connectivity index (χ3n) is 1.75. The number of anilines is 1. The summed E-state index contributed by atoms with van der Waals surface area (Å²) in [5, 5.41) is 0. The third kappa shape index (κ3) is 1.12. The van der Waals surface area contributed by atoms with Gasteiger partial charge >= 0.3 is 0 Å². The fraction of sp³-hybridized carbons (Fsp3) is 0.125. The van der Waals surface area contributed by atoms with E-state index < -0.39 is 0 Å². The van der Waals surface area contributed by atoms with Crippen LogP contribution in [0.5, 0.6) is 0 Å². The van der Waals surface area contributed by atoms with Crippen molar-refractivity contribution < 1.29 is 0 Å². The van der Waals surface area contributed by atoms with Gasteiger partial charge in [-0.05, 0) is 19.1 Å². The molecular formula is C8H10ClN3. The number of nitrogens with two attached hydrogens (primary N) is 1. The second-order valence-electron chi connectivity index (χ2n) is 2.51. The van der Waals surface area contributed by atoms with Crippen LogP contribution in [-0.4, -0.2) is 9.38 Å². The van der Waals surface area contributed by atoms with E-state index in [1.165, 1.54) is 0 Å². The van der Waals surface area contributed by atoms with Gasteiger partial charge in [-0.2, -0.15) is 0 Å². The molecule has 0 aliphatic rings. The minimum Gasteiger partial charge on any atom is -0.383 e. The second kappa shape index (κ2) is 3.03. The number of nitrogens with zero attached hydrogens (tertiary/aromatic N) is 2. The van der Waals surface area contributed by atoms with Gasteiger partial charge in [-0.3, -0.25) is 4.40 Å². The van der Waals surface area contributed by atoms with Crippen molar-refractivity contribution in [3.63, 3.8) is 0 Å². The normalized spacial score (nSPS) is 9.75. The monoisotopic (exact) mass is 183 g/mol. The molecule has 0 atom stereocenters. The Labute approximate surface area is 76.6 Å². The average Bonchev–Trinajstić information content (AvgIpc) is 2.30. The van der Waals surface area contributed by atoms with Gasteiger partial charge in [0.25, 0.3) is 0 Å². The molecule has 0 aromatic carbocycles. The van der Waals surface area contributed by atoms with Crippen LogP contribution in [0.4, 0.5) is 5.82 Å². The summed E-state index contributed by atoms with van der Waals surface area (Å²) in [5.41, 5.74) is 7.53. The number of aryl methyl sites for hydroxylation is 1. The van der Waals surface area contributed by atoms with Crippen LogP contribution >= 0.6 is 12.4 Å². The Kier molecular flexibility index (Phi) is 2.24. The Morgan fingerprint density at radius 1 is 1.42 bits per heavy atom. The number of pyridine rings is 1. The smallest absolute Gasteiger partial charge is 0.138 e. The number of rotatable bonds is 0. The maximum Gasteiger partial charge on any atom is 0.138 e. The van der Waals surface area contributed by atoms with Crippen LogP contribution in [0.1, 0.15) is 5.69 Å². The molecule has 4 heteroatoms. The fourth-order valence-corrected chi connectivity index (χ4v) is 1.13. The molecule has 0 radical (unpaired) electrons. The molecule has 2 aromatic rings. The van der Waals surface area contributed by atoms with E-state index in [1.54, 1.807) is 0 Å². The highest BCUT2D eigenvalue weighted by atomic mass is 35.5. The molecule has 2 N–H and O–H groups in total. The largest absolute Gasteiger partial charge is 0.383 e. The van der Waals surface area contributed by atoms with Crippen molar-refractivity contribution >= 4 is 23.9 Å². The summed E-state index contributed by atoms with van der Waals surface area (Å²) in [6.45, 7) is 1.91. The summed E-state index contributed by atoms with van der Waals surface area (Å²) < 4.78 is 1.87. The van der Waals surface area contributed by atoms with Gasteiger partial charge in [-0.1, -0.05) is 6.07 Å². The first-order chi connectivity index (χ1) is 5.29. The van der Waals surface area contributed by atoms with Crippen LogP contribution in [-0.2, 0) is 0 Å². The molecule has 0 saturated carbocycles. The van der Waals surface area contributed by atoms with Gasteiger partial charge in [0.1, 0.15) is 11.5 Å². The molecule has 0 bridgehead atoms. The topological polar surface area (TPSA) is 43.3 Å². The average molecular weight is 184 g/mol. The van der Waals surface area contributed by atoms with Crippen LogP contribution in [0.25, 0.3) is 5.65 Å². The lowest BCUT2D eigenvalue weighted by molar-refractivity contribution is 1.19. The zero-order valence-corrected chi connectivity index (χ0v) is 7.51. The number of hydrogen-bond acceptors (Lipinski definition) is 2. The molecule has 3 nitrogen and oxygen atoms in total. The summed E-state index contributed by atoms with van der Waals surface area (Å²) in [5.74, 6) is 0.723. The predicted octanol–water partition coefficient (Wildman–Crippen LogP) is 1.65. The van der Waals surface area contributed by atoms with Crippen molar-refractivity contribution in [2.75, 3.05) is 5.73 Å². The first-order valence-electron chi connectivity index (χ1n) is 3.48. The summed E-state index contributed by atoms with van der Waals surface area (Å²) >= 11 is 0. The molecule has 2 rings (SSSR count). The fourth-order valence-electron chi connectivity index (χ4n) is 1.13. The van der Waals surface area contributed by atoms with Crippen molar-refractivity contribution in [3.8, 4) is 0 Å². The van der Waals surface area contributed by atoms with E-state index in [0.29, 0.717) is 0 Å². The molecule has 0 saturated heterocycles. The maximum atomic E-state index is 5.74. The van der Waals surface area contributed by atoms with Gasteiger partial charge in [-0.15, -0.1) is 12.4 Å². The van der Waals surface area contributed by atoms with Crippen molar-refractivity contribution in [2.24, 2.45) is 0 Å². The summed E-state index contributed by atoms with van der Waals surface area (Å²) in [7, 11) is 0. The van der Waals surface area contributed by atoms with Crippen molar-refractivity contribution in [2.45, 2.75) is 6.92 Å². The first kappa shape index (κ1) is 8.87. The highest BCUT2D eigenvalue weighted by Gasteiger charge is 2.01. The summed E-state index contributed by atoms with van der Waals surface area (Å²) in [6, 6.07) is 5.81. The predicted molar refractivity (Wildman–Crippen MR) is 51.6 cm³/mol. The van der Waals surface area contributed by atoms with Crippen LogP contribution in [0, 0.1) is 6.92 Å². The molecule has 0 aliphatic heterocycles. The second-order valence-corrected chi connectivity index (χ2v) is 2.51. The Balaban J connectivity index is 0.000000720. The van der Waals surface area contributed by atoms with E-state index in [0.717, 1.165) is 17.2 Å². The molecular weight excluding hydrogens is 174 g/mol. The zero-order chi connectivity index (χ0) is 7.84. The third-order valence-corrected chi connectivity index (χ3v) is 1.75. The van der Waals surface area contributed by atoms with Gasteiger partial charge in [0.05, 0.1) is 5.69 Å². The number of hydrogen-bond donors (Lipinski definition) is 1. The van der Waals surface area contributed by atoms with Crippen LogP contribution in [0.15, 0.2) is 24.4 Å². The van der Waals surface area contributed by atoms with Crippen LogP contribution < -0.4 is 5.73 Å². The minimum absolute atomic E-state index is 0.